The second kappa shape index (κ2) is 6.01. The van der Waals surface area contributed by atoms with Crippen LogP contribution in [-0.4, -0.2) is 69.6 Å². The molecule has 0 spiro atoms. The van der Waals surface area contributed by atoms with Crippen LogP contribution in [0, 0.1) is 5.92 Å². The summed E-state index contributed by atoms with van der Waals surface area (Å²) in [6.07, 6.45) is 1.78. The van der Waals surface area contributed by atoms with Gasteiger partial charge in [0.25, 0.3) is 0 Å². The largest absolute Gasteiger partial charge is 0.481 e. The Morgan fingerprint density at radius 1 is 1.00 bits per heavy atom. The minimum Gasteiger partial charge on any atom is -0.481 e. The second-order valence-corrected chi connectivity index (χ2v) is 5.94. The first-order valence-electron chi connectivity index (χ1n) is 7.33. The fourth-order valence-electron chi connectivity index (χ4n) is 3.41. The number of carboxylic acid groups (broad SMARTS) is 2. The summed E-state index contributed by atoms with van der Waals surface area (Å²) in [7, 11) is 0. The zero-order valence-corrected chi connectivity index (χ0v) is 12.2. The van der Waals surface area contributed by atoms with Crippen molar-refractivity contribution >= 4 is 17.8 Å². The lowest BCUT2D eigenvalue weighted by Crippen LogP contribution is -2.62. The number of piperidine rings is 2. The minimum absolute atomic E-state index is 0.0291. The van der Waals surface area contributed by atoms with Gasteiger partial charge in [0.1, 0.15) is 5.54 Å². The third-order valence-electron chi connectivity index (χ3n) is 4.88. The lowest BCUT2D eigenvalue weighted by molar-refractivity contribution is -0.160. The third kappa shape index (κ3) is 3.02. The smallest absolute Gasteiger partial charge is 0.324 e. The highest BCUT2D eigenvalue weighted by Gasteiger charge is 2.48. The number of hydrogen-bond acceptors (Lipinski definition) is 4. The van der Waals surface area contributed by atoms with Crippen molar-refractivity contribution < 1.29 is 24.6 Å². The molecule has 0 radical (unpaired) electrons. The Balaban J connectivity index is 2.05. The van der Waals surface area contributed by atoms with E-state index in [1.165, 1.54) is 6.92 Å². The van der Waals surface area contributed by atoms with Crippen LogP contribution in [0.25, 0.3) is 0 Å². The van der Waals surface area contributed by atoms with Crippen LogP contribution in [0.3, 0.4) is 0 Å². The van der Waals surface area contributed by atoms with Crippen molar-refractivity contribution in [3.63, 3.8) is 0 Å². The van der Waals surface area contributed by atoms with Crippen LogP contribution in [0.15, 0.2) is 0 Å². The van der Waals surface area contributed by atoms with Crippen LogP contribution in [0.2, 0.25) is 0 Å². The fourth-order valence-corrected chi connectivity index (χ4v) is 3.41. The molecule has 7 nitrogen and oxygen atoms in total. The molecule has 2 rings (SSSR count). The molecule has 1 amide bonds. The topological polar surface area (TPSA) is 98.2 Å². The van der Waals surface area contributed by atoms with E-state index in [-0.39, 0.29) is 11.8 Å². The quantitative estimate of drug-likeness (QED) is 0.775. The lowest BCUT2D eigenvalue weighted by Gasteiger charge is -2.47. The van der Waals surface area contributed by atoms with E-state index < -0.39 is 17.5 Å². The number of rotatable bonds is 3. The Morgan fingerprint density at radius 3 is 1.90 bits per heavy atom. The standard InChI is InChI=1S/C14H22N2O5/c1-10(17)15-8-4-14(5-9-15,13(20)21)16-6-2-11(3-7-16)12(18)19/h11H,2-9H2,1H3,(H,18,19)(H,20,21). The van der Waals surface area contributed by atoms with Crippen LogP contribution < -0.4 is 0 Å². The average molecular weight is 298 g/mol. The molecule has 0 saturated carbocycles. The van der Waals surface area contributed by atoms with Gasteiger partial charge in [0, 0.05) is 33.1 Å². The van der Waals surface area contributed by atoms with Crippen molar-refractivity contribution in [2.24, 2.45) is 5.92 Å². The van der Waals surface area contributed by atoms with Crippen LogP contribution in [-0.2, 0) is 14.4 Å². The summed E-state index contributed by atoms with van der Waals surface area (Å²) in [6, 6.07) is 0. The predicted octanol–water partition coefficient (Wildman–Crippen LogP) is 0.249. The highest BCUT2D eigenvalue weighted by atomic mass is 16.4. The summed E-state index contributed by atoms with van der Waals surface area (Å²) < 4.78 is 0. The van der Waals surface area contributed by atoms with Crippen molar-refractivity contribution in [2.45, 2.75) is 38.1 Å². The zero-order valence-electron chi connectivity index (χ0n) is 12.2. The van der Waals surface area contributed by atoms with Crippen LogP contribution in [0.5, 0.6) is 0 Å². The molecular weight excluding hydrogens is 276 g/mol. The first kappa shape index (κ1) is 15.8. The Morgan fingerprint density at radius 2 is 1.52 bits per heavy atom. The number of carbonyl (C=O) groups is 3. The molecule has 2 heterocycles. The Labute approximate surface area is 123 Å². The Bertz CT molecular complexity index is 435. The van der Waals surface area contributed by atoms with Gasteiger partial charge in [-0.1, -0.05) is 0 Å². The van der Waals surface area contributed by atoms with Gasteiger partial charge in [0.15, 0.2) is 0 Å². The van der Waals surface area contributed by atoms with E-state index in [0.29, 0.717) is 51.9 Å². The molecule has 0 aliphatic carbocycles. The summed E-state index contributed by atoms with van der Waals surface area (Å²) in [6.45, 7) is 3.36. The monoisotopic (exact) mass is 298 g/mol. The molecular formula is C14H22N2O5. The SMILES string of the molecule is CC(=O)N1CCC(C(=O)O)(N2CCC(C(=O)O)CC2)CC1. The first-order valence-corrected chi connectivity index (χ1v) is 7.33. The molecule has 2 aliphatic heterocycles. The third-order valence-corrected chi connectivity index (χ3v) is 4.88. The maximum atomic E-state index is 11.8. The maximum Gasteiger partial charge on any atom is 0.324 e. The van der Waals surface area contributed by atoms with Gasteiger partial charge in [-0.15, -0.1) is 0 Å². The summed E-state index contributed by atoms with van der Waals surface area (Å²) >= 11 is 0. The van der Waals surface area contributed by atoms with Crippen molar-refractivity contribution in [3.05, 3.63) is 0 Å². The molecule has 7 heteroatoms. The molecule has 0 unspecified atom stereocenters. The molecule has 0 bridgehead atoms. The van der Waals surface area contributed by atoms with Gasteiger partial charge in [-0.05, 0) is 25.7 Å². The number of aliphatic carboxylic acids is 2. The Kier molecular flexibility index (Phi) is 4.51. The van der Waals surface area contributed by atoms with E-state index in [4.69, 9.17) is 5.11 Å². The van der Waals surface area contributed by atoms with Gasteiger partial charge >= 0.3 is 11.9 Å². The van der Waals surface area contributed by atoms with Gasteiger partial charge in [0.05, 0.1) is 5.92 Å². The number of carboxylic acids is 2. The van der Waals surface area contributed by atoms with Gasteiger partial charge in [-0.3, -0.25) is 19.3 Å². The maximum absolute atomic E-state index is 11.8. The molecule has 0 atom stereocenters. The fraction of sp³-hybridized carbons (Fsp3) is 0.786. The summed E-state index contributed by atoms with van der Waals surface area (Å²) in [5.74, 6) is -2.06. The normalized spacial score (nSPS) is 23.8. The molecule has 0 aromatic rings. The first-order chi connectivity index (χ1) is 9.86. The Hall–Kier alpha value is -1.63. The van der Waals surface area contributed by atoms with E-state index in [1.54, 1.807) is 4.90 Å². The molecule has 2 aliphatic rings. The summed E-state index contributed by atoms with van der Waals surface area (Å²) in [4.78, 5) is 37.8. The number of carbonyl (C=O) groups excluding carboxylic acids is 1. The lowest BCUT2D eigenvalue weighted by atomic mass is 9.82. The highest BCUT2D eigenvalue weighted by Crippen LogP contribution is 2.33. The van der Waals surface area contributed by atoms with Crippen molar-refractivity contribution in [1.29, 1.82) is 0 Å². The summed E-state index contributed by atoms with van der Waals surface area (Å²) in [5.41, 5.74) is -0.949. The number of amides is 1. The van der Waals surface area contributed by atoms with Crippen LogP contribution in [0.1, 0.15) is 32.6 Å². The molecule has 2 fully saturated rings. The molecule has 21 heavy (non-hydrogen) atoms. The molecule has 2 N–H and O–H groups in total. The number of likely N-dealkylation sites (tertiary alicyclic amines) is 2. The second-order valence-electron chi connectivity index (χ2n) is 5.94. The van der Waals surface area contributed by atoms with E-state index in [0.717, 1.165) is 0 Å². The van der Waals surface area contributed by atoms with Crippen molar-refractivity contribution in [2.75, 3.05) is 26.2 Å². The molecule has 0 aromatic heterocycles. The highest BCUT2D eigenvalue weighted by molar-refractivity contribution is 5.80. The number of hydrogen-bond donors (Lipinski definition) is 2. The van der Waals surface area contributed by atoms with Gasteiger partial charge < -0.3 is 15.1 Å². The van der Waals surface area contributed by atoms with Gasteiger partial charge in [0.2, 0.25) is 5.91 Å². The van der Waals surface area contributed by atoms with Crippen LogP contribution >= 0.6 is 0 Å². The van der Waals surface area contributed by atoms with E-state index in [2.05, 4.69) is 0 Å². The predicted molar refractivity (Wildman–Crippen MR) is 73.8 cm³/mol. The van der Waals surface area contributed by atoms with E-state index >= 15 is 0 Å². The van der Waals surface area contributed by atoms with E-state index in [1.807, 2.05) is 4.90 Å². The van der Waals surface area contributed by atoms with Crippen molar-refractivity contribution in [1.82, 2.24) is 9.80 Å². The van der Waals surface area contributed by atoms with E-state index in [9.17, 15) is 19.5 Å². The van der Waals surface area contributed by atoms with Gasteiger partial charge in [-0.2, -0.15) is 0 Å². The minimum atomic E-state index is -0.949. The molecule has 118 valence electrons. The van der Waals surface area contributed by atoms with Crippen LogP contribution in [0.4, 0.5) is 0 Å². The molecule has 0 aromatic carbocycles. The number of nitrogens with zero attached hydrogens (tertiary/aromatic N) is 2. The molecule has 2 saturated heterocycles. The van der Waals surface area contributed by atoms with Gasteiger partial charge in [-0.25, -0.2) is 0 Å². The van der Waals surface area contributed by atoms with Crippen molar-refractivity contribution in [3.8, 4) is 0 Å². The summed E-state index contributed by atoms with van der Waals surface area (Å²) in [5, 5.41) is 18.7. The average Bonchev–Trinajstić information content (AvgIpc) is 2.47. The zero-order chi connectivity index (χ0) is 15.6.